The van der Waals surface area contributed by atoms with Gasteiger partial charge in [0.1, 0.15) is 11.3 Å². The van der Waals surface area contributed by atoms with E-state index in [0.29, 0.717) is 23.6 Å². The lowest BCUT2D eigenvalue weighted by Gasteiger charge is -2.35. The first kappa shape index (κ1) is 19.9. The molecule has 0 aliphatic heterocycles. The van der Waals surface area contributed by atoms with Gasteiger partial charge in [0.15, 0.2) is 5.82 Å². The molecule has 0 unspecified atom stereocenters. The van der Waals surface area contributed by atoms with Gasteiger partial charge in [0.25, 0.3) is 0 Å². The van der Waals surface area contributed by atoms with Crippen LogP contribution in [0.25, 0.3) is 27.7 Å². The van der Waals surface area contributed by atoms with Gasteiger partial charge in [-0.15, -0.1) is 5.10 Å². The zero-order valence-corrected chi connectivity index (χ0v) is 18.3. The molecule has 1 N–H and O–H groups in total. The molecule has 0 saturated heterocycles. The van der Waals surface area contributed by atoms with Crippen LogP contribution in [0.2, 0.25) is 0 Å². The first-order chi connectivity index (χ1) is 14.9. The van der Waals surface area contributed by atoms with E-state index in [0.717, 1.165) is 47.4 Å². The van der Waals surface area contributed by atoms with Crippen molar-refractivity contribution >= 4 is 22.5 Å². The summed E-state index contributed by atoms with van der Waals surface area (Å²) in [5.41, 5.74) is 3.72. The Morgan fingerprint density at radius 1 is 1.26 bits per heavy atom. The molecule has 0 atom stereocenters. The number of nitrogens with one attached hydrogen (secondary N) is 1. The number of rotatable bonds is 6. The van der Waals surface area contributed by atoms with Gasteiger partial charge in [-0.1, -0.05) is 0 Å². The molecule has 1 aromatic carbocycles. The third kappa shape index (κ3) is 3.44. The van der Waals surface area contributed by atoms with Crippen molar-refractivity contribution in [3.05, 3.63) is 42.2 Å². The number of nitrogens with zero attached hydrogens (tertiary/aromatic N) is 5. The SMILES string of the molecule is CCOC1CC(Nc2ncc3c(-c4cc(F)c5nc(C)n(C(C)C)c5c4)ccn3n2)C1. The molecular formula is C23H27FN6O. The van der Waals surface area contributed by atoms with Gasteiger partial charge in [-0.05, 0) is 64.3 Å². The predicted molar refractivity (Wildman–Crippen MR) is 119 cm³/mol. The van der Waals surface area contributed by atoms with Crippen molar-refractivity contribution in [2.45, 2.75) is 58.7 Å². The average molecular weight is 423 g/mol. The number of fused-ring (bicyclic) bond motifs is 2. The zero-order valence-electron chi connectivity index (χ0n) is 18.3. The van der Waals surface area contributed by atoms with Gasteiger partial charge in [0.05, 0.1) is 23.3 Å². The van der Waals surface area contributed by atoms with Crippen LogP contribution >= 0.6 is 0 Å². The van der Waals surface area contributed by atoms with Crippen LogP contribution in [0.15, 0.2) is 30.6 Å². The van der Waals surface area contributed by atoms with Gasteiger partial charge < -0.3 is 14.6 Å². The number of halogens is 1. The lowest BCUT2D eigenvalue weighted by atomic mass is 9.89. The molecule has 0 spiro atoms. The lowest BCUT2D eigenvalue weighted by Crippen LogP contribution is -2.41. The predicted octanol–water partition coefficient (Wildman–Crippen LogP) is 4.75. The topological polar surface area (TPSA) is 69.3 Å². The number of anilines is 1. The van der Waals surface area contributed by atoms with E-state index in [4.69, 9.17) is 4.74 Å². The van der Waals surface area contributed by atoms with Crippen molar-refractivity contribution in [2.75, 3.05) is 11.9 Å². The minimum atomic E-state index is -0.317. The molecule has 7 nitrogen and oxygen atoms in total. The number of hydrogen-bond acceptors (Lipinski definition) is 5. The highest BCUT2D eigenvalue weighted by Crippen LogP contribution is 2.32. The molecule has 3 aromatic heterocycles. The first-order valence-corrected chi connectivity index (χ1v) is 10.9. The van der Waals surface area contributed by atoms with Gasteiger partial charge in [0.2, 0.25) is 5.95 Å². The quantitative estimate of drug-likeness (QED) is 0.485. The smallest absolute Gasteiger partial charge is 0.241 e. The fraction of sp³-hybridized carbons (Fsp3) is 0.435. The van der Waals surface area contributed by atoms with E-state index in [1.807, 2.05) is 32.2 Å². The summed E-state index contributed by atoms with van der Waals surface area (Å²) in [6.45, 7) is 8.83. The zero-order chi connectivity index (χ0) is 21.7. The Morgan fingerprint density at radius 2 is 2.06 bits per heavy atom. The van der Waals surface area contributed by atoms with E-state index < -0.39 is 0 Å². The normalized spacial score (nSPS) is 18.8. The Bertz CT molecular complexity index is 1250. The maximum absolute atomic E-state index is 14.9. The van der Waals surface area contributed by atoms with E-state index in [2.05, 4.69) is 38.8 Å². The van der Waals surface area contributed by atoms with E-state index in [9.17, 15) is 4.39 Å². The van der Waals surface area contributed by atoms with Crippen LogP contribution in [-0.4, -0.2) is 42.9 Å². The monoisotopic (exact) mass is 422 g/mol. The molecule has 8 heteroatoms. The first-order valence-electron chi connectivity index (χ1n) is 10.9. The van der Waals surface area contributed by atoms with Gasteiger partial charge >= 0.3 is 0 Å². The standard InChI is InChI=1S/C23H27FN6O/c1-5-31-17-10-16(11-17)27-23-25-12-21-18(6-7-29(21)28-23)15-8-19(24)22-20(9-15)30(13(2)3)14(4)26-22/h6-9,12-13,16-17H,5,10-11H2,1-4H3,(H,27,28). The van der Waals surface area contributed by atoms with Gasteiger partial charge in [-0.3, -0.25) is 0 Å². The Balaban J connectivity index is 1.47. The van der Waals surface area contributed by atoms with Crippen LogP contribution in [0, 0.1) is 12.7 Å². The lowest BCUT2D eigenvalue weighted by molar-refractivity contribution is 0.00283. The summed E-state index contributed by atoms with van der Waals surface area (Å²) in [6, 6.07) is 6.02. The number of imidazole rings is 1. The summed E-state index contributed by atoms with van der Waals surface area (Å²) in [6.07, 6.45) is 5.94. The second-order valence-electron chi connectivity index (χ2n) is 8.48. The summed E-state index contributed by atoms with van der Waals surface area (Å²) < 4.78 is 24.4. The largest absolute Gasteiger partial charge is 0.378 e. The highest BCUT2D eigenvalue weighted by atomic mass is 19.1. The maximum atomic E-state index is 14.9. The Labute approximate surface area is 180 Å². The summed E-state index contributed by atoms with van der Waals surface area (Å²) >= 11 is 0. The van der Waals surface area contributed by atoms with Crippen molar-refractivity contribution in [1.29, 1.82) is 0 Å². The molecule has 0 bridgehead atoms. The van der Waals surface area contributed by atoms with Crippen LogP contribution in [0.5, 0.6) is 0 Å². The molecule has 5 rings (SSSR count). The summed E-state index contributed by atoms with van der Waals surface area (Å²) in [5.74, 6) is 1.08. The van der Waals surface area contributed by atoms with Gasteiger partial charge in [-0.25, -0.2) is 18.9 Å². The van der Waals surface area contributed by atoms with Crippen molar-refractivity contribution in [3.8, 4) is 11.1 Å². The molecule has 1 aliphatic carbocycles. The molecule has 1 saturated carbocycles. The maximum Gasteiger partial charge on any atom is 0.241 e. The summed E-state index contributed by atoms with van der Waals surface area (Å²) in [5, 5.41) is 7.96. The third-order valence-electron chi connectivity index (χ3n) is 6.00. The van der Waals surface area contributed by atoms with Crippen molar-refractivity contribution < 1.29 is 9.13 Å². The fourth-order valence-electron chi connectivity index (χ4n) is 4.52. The Hall–Kier alpha value is -3.00. The van der Waals surface area contributed by atoms with E-state index in [-0.39, 0.29) is 11.9 Å². The van der Waals surface area contributed by atoms with Crippen molar-refractivity contribution in [1.82, 2.24) is 24.1 Å². The third-order valence-corrected chi connectivity index (χ3v) is 6.00. The number of benzene rings is 1. The number of hydrogen-bond donors (Lipinski definition) is 1. The second kappa shape index (κ2) is 7.60. The van der Waals surface area contributed by atoms with E-state index in [1.54, 1.807) is 16.8 Å². The van der Waals surface area contributed by atoms with Crippen LogP contribution in [0.1, 0.15) is 45.5 Å². The minimum Gasteiger partial charge on any atom is -0.378 e. The molecule has 4 aromatic rings. The number of ether oxygens (including phenoxy) is 1. The van der Waals surface area contributed by atoms with Crippen LogP contribution in [-0.2, 0) is 4.74 Å². The number of aryl methyl sites for hydroxylation is 1. The Morgan fingerprint density at radius 3 is 2.81 bits per heavy atom. The molecule has 0 radical (unpaired) electrons. The highest BCUT2D eigenvalue weighted by molar-refractivity contribution is 5.88. The molecular weight excluding hydrogens is 395 g/mol. The minimum absolute atomic E-state index is 0.191. The van der Waals surface area contributed by atoms with Crippen LogP contribution in [0.4, 0.5) is 10.3 Å². The second-order valence-corrected chi connectivity index (χ2v) is 8.48. The molecule has 3 heterocycles. The number of aromatic nitrogens is 5. The van der Waals surface area contributed by atoms with Crippen LogP contribution < -0.4 is 5.32 Å². The summed E-state index contributed by atoms with van der Waals surface area (Å²) in [4.78, 5) is 8.93. The Kier molecular flexibility index (Phi) is 4.89. The van der Waals surface area contributed by atoms with E-state index in [1.165, 1.54) is 0 Å². The van der Waals surface area contributed by atoms with Crippen molar-refractivity contribution in [3.63, 3.8) is 0 Å². The van der Waals surface area contributed by atoms with Crippen LogP contribution in [0.3, 0.4) is 0 Å². The van der Waals surface area contributed by atoms with E-state index >= 15 is 0 Å². The molecule has 31 heavy (non-hydrogen) atoms. The average Bonchev–Trinajstić information content (AvgIpc) is 3.26. The molecule has 162 valence electrons. The van der Waals surface area contributed by atoms with Crippen molar-refractivity contribution in [2.24, 2.45) is 0 Å². The molecule has 0 amide bonds. The van der Waals surface area contributed by atoms with Gasteiger partial charge in [0, 0.05) is 30.5 Å². The van der Waals surface area contributed by atoms with Gasteiger partial charge in [-0.2, -0.15) is 0 Å². The molecule has 1 aliphatic rings. The summed E-state index contributed by atoms with van der Waals surface area (Å²) in [7, 11) is 0. The highest BCUT2D eigenvalue weighted by Gasteiger charge is 2.30. The molecule has 1 fully saturated rings. The fourth-order valence-corrected chi connectivity index (χ4v) is 4.52.